The van der Waals surface area contributed by atoms with Crippen LogP contribution in [-0.2, 0) is 6.54 Å². The largest absolute Gasteiger partial charge is 0.316 e. The molecule has 0 unspecified atom stereocenters. The van der Waals surface area contributed by atoms with E-state index in [4.69, 9.17) is 5.21 Å². The molecule has 1 aromatic carbocycles. The van der Waals surface area contributed by atoms with E-state index in [-0.39, 0.29) is 0 Å². The molecule has 0 aliphatic rings. The molecule has 0 amide bonds. The highest BCUT2D eigenvalue weighted by molar-refractivity contribution is 14.1. The number of benzene rings is 1. The van der Waals surface area contributed by atoms with Crippen LogP contribution in [0.3, 0.4) is 0 Å². The quantitative estimate of drug-likeness (QED) is 0.618. The molecule has 3 heteroatoms. The summed E-state index contributed by atoms with van der Waals surface area (Å²) in [5, 5.41) is 8.36. The fraction of sp³-hybridized carbons (Fsp3) is 0.143. The summed E-state index contributed by atoms with van der Waals surface area (Å²) in [5.74, 6) is 0. The van der Waals surface area contributed by atoms with Crippen molar-refractivity contribution in [2.75, 3.05) is 0 Å². The van der Waals surface area contributed by atoms with Gasteiger partial charge in [0.2, 0.25) is 0 Å². The number of halogens is 1. The smallest absolute Gasteiger partial charge is 0.0458 e. The van der Waals surface area contributed by atoms with Crippen molar-refractivity contribution in [1.29, 1.82) is 0 Å². The molecule has 0 fully saturated rings. The van der Waals surface area contributed by atoms with Crippen LogP contribution in [0.15, 0.2) is 24.3 Å². The minimum Gasteiger partial charge on any atom is -0.316 e. The average molecular weight is 249 g/mol. The van der Waals surface area contributed by atoms with Crippen molar-refractivity contribution in [1.82, 2.24) is 5.48 Å². The van der Waals surface area contributed by atoms with Crippen LogP contribution in [0.2, 0.25) is 0 Å². The summed E-state index contributed by atoms with van der Waals surface area (Å²) in [6, 6.07) is 7.96. The third-order valence-electron chi connectivity index (χ3n) is 1.17. The van der Waals surface area contributed by atoms with Gasteiger partial charge in [0.15, 0.2) is 0 Å². The first-order chi connectivity index (χ1) is 4.83. The summed E-state index contributed by atoms with van der Waals surface area (Å²) in [4.78, 5) is 0. The Morgan fingerprint density at radius 2 is 2.30 bits per heavy atom. The lowest BCUT2D eigenvalue weighted by Crippen LogP contribution is -2.05. The predicted molar refractivity (Wildman–Crippen MR) is 47.8 cm³/mol. The molecule has 1 rings (SSSR count). The summed E-state index contributed by atoms with van der Waals surface area (Å²) >= 11 is 2.24. The highest BCUT2D eigenvalue weighted by atomic mass is 127. The molecule has 2 nitrogen and oxygen atoms in total. The highest BCUT2D eigenvalue weighted by Crippen LogP contribution is 2.06. The average Bonchev–Trinajstić information content (AvgIpc) is 1.88. The van der Waals surface area contributed by atoms with Crippen LogP contribution >= 0.6 is 22.6 Å². The maximum atomic E-state index is 8.36. The van der Waals surface area contributed by atoms with Crippen LogP contribution < -0.4 is 5.48 Å². The van der Waals surface area contributed by atoms with E-state index in [1.165, 1.54) is 3.57 Å². The van der Waals surface area contributed by atoms with E-state index in [0.717, 1.165) is 5.56 Å². The number of rotatable bonds is 2. The molecule has 0 saturated carbocycles. The lowest BCUT2D eigenvalue weighted by molar-refractivity contribution is 0.161. The Hall–Kier alpha value is -0.130. The Kier molecular flexibility index (Phi) is 3.11. The van der Waals surface area contributed by atoms with E-state index in [0.29, 0.717) is 6.54 Å². The minimum atomic E-state index is 0.511. The molecular formula is C7H8INO. The van der Waals surface area contributed by atoms with E-state index in [1.807, 2.05) is 24.3 Å². The predicted octanol–water partition coefficient (Wildman–Crippen LogP) is 1.77. The zero-order chi connectivity index (χ0) is 7.40. The Labute approximate surface area is 73.4 Å². The van der Waals surface area contributed by atoms with Gasteiger partial charge in [0.1, 0.15) is 0 Å². The SMILES string of the molecule is ONCc1cccc(I)c1. The monoisotopic (exact) mass is 249 g/mol. The molecule has 0 spiro atoms. The molecule has 0 aliphatic carbocycles. The van der Waals surface area contributed by atoms with Gasteiger partial charge in [-0.1, -0.05) is 12.1 Å². The molecule has 0 bridgehead atoms. The zero-order valence-corrected chi connectivity index (χ0v) is 7.50. The summed E-state index contributed by atoms with van der Waals surface area (Å²) in [7, 11) is 0. The summed E-state index contributed by atoms with van der Waals surface area (Å²) < 4.78 is 1.19. The third-order valence-corrected chi connectivity index (χ3v) is 1.84. The summed E-state index contributed by atoms with van der Waals surface area (Å²) in [5.41, 5.74) is 3.20. The fourth-order valence-corrected chi connectivity index (χ4v) is 1.35. The Bertz CT molecular complexity index is 215. The Morgan fingerprint density at radius 1 is 1.50 bits per heavy atom. The summed E-state index contributed by atoms with van der Waals surface area (Å²) in [6.45, 7) is 0.511. The standard InChI is InChI=1S/C7H8INO/c8-7-3-1-2-6(4-7)5-9-10/h1-4,9-10H,5H2. The van der Waals surface area contributed by atoms with Gasteiger partial charge in [-0.05, 0) is 40.3 Å². The van der Waals surface area contributed by atoms with Crippen molar-refractivity contribution in [3.63, 3.8) is 0 Å². The molecule has 54 valence electrons. The van der Waals surface area contributed by atoms with Gasteiger partial charge >= 0.3 is 0 Å². The number of hydrogen-bond acceptors (Lipinski definition) is 2. The Morgan fingerprint density at radius 3 is 2.90 bits per heavy atom. The maximum Gasteiger partial charge on any atom is 0.0458 e. The van der Waals surface area contributed by atoms with Gasteiger partial charge in [-0.15, -0.1) is 0 Å². The Balaban J connectivity index is 2.75. The topological polar surface area (TPSA) is 32.3 Å². The van der Waals surface area contributed by atoms with Gasteiger partial charge in [-0.3, -0.25) is 0 Å². The first-order valence-electron chi connectivity index (χ1n) is 2.94. The van der Waals surface area contributed by atoms with E-state index in [9.17, 15) is 0 Å². The molecule has 0 radical (unpaired) electrons. The van der Waals surface area contributed by atoms with Gasteiger partial charge in [-0.25, -0.2) is 5.48 Å². The van der Waals surface area contributed by atoms with Gasteiger partial charge in [0.05, 0.1) is 0 Å². The molecular weight excluding hydrogens is 241 g/mol. The lowest BCUT2D eigenvalue weighted by atomic mass is 10.2. The first-order valence-corrected chi connectivity index (χ1v) is 4.02. The molecule has 0 heterocycles. The van der Waals surface area contributed by atoms with Gasteiger partial charge in [0, 0.05) is 10.1 Å². The molecule has 0 atom stereocenters. The molecule has 2 N–H and O–H groups in total. The van der Waals surface area contributed by atoms with Crippen molar-refractivity contribution in [2.45, 2.75) is 6.54 Å². The van der Waals surface area contributed by atoms with Gasteiger partial charge < -0.3 is 5.21 Å². The zero-order valence-electron chi connectivity index (χ0n) is 5.34. The lowest BCUT2D eigenvalue weighted by Gasteiger charge is -1.97. The maximum absolute atomic E-state index is 8.36. The van der Waals surface area contributed by atoms with E-state index < -0.39 is 0 Å². The minimum absolute atomic E-state index is 0.511. The van der Waals surface area contributed by atoms with Crippen molar-refractivity contribution in [3.05, 3.63) is 33.4 Å². The second kappa shape index (κ2) is 3.90. The number of nitrogens with one attached hydrogen (secondary N) is 1. The molecule has 10 heavy (non-hydrogen) atoms. The third kappa shape index (κ3) is 2.24. The van der Waals surface area contributed by atoms with Crippen LogP contribution in [0.4, 0.5) is 0 Å². The van der Waals surface area contributed by atoms with Gasteiger partial charge in [0.25, 0.3) is 0 Å². The van der Waals surface area contributed by atoms with Crippen LogP contribution in [0.1, 0.15) is 5.56 Å². The highest BCUT2D eigenvalue weighted by Gasteiger charge is 1.90. The summed E-state index contributed by atoms with van der Waals surface area (Å²) in [6.07, 6.45) is 0. The second-order valence-corrected chi connectivity index (χ2v) is 3.21. The number of hydroxylamine groups is 1. The molecule has 0 saturated heterocycles. The van der Waals surface area contributed by atoms with Gasteiger partial charge in [-0.2, -0.15) is 0 Å². The van der Waals surface area contributed by atoms with Crippen LogP contribution in [0.25, 0.3) is 0 Å². The van der Waals surface area contributed by atoms with E-state index in [2.05, 4.69) is 28.1 Å². The first kappa shape index (κ1) is 7.97. The molecule has 0 aliphatic heterocycles. The van der Waals surface area contributed by atoms with Crippen molar-refractivity contribution in [2.24, 2.45) is 0 Å². The normalized spacial score (nSPS) is 9.80. The van der Waals surface area contributed by atoms with Crippen LogP contribution in [0, 0.1) is 3.57 Å². The second-order valence-electron chi connectivity index (χ2n) is 1.96. The van der Waals surface area contributed by atoms with Crippen LogP contribution in [0.5, 0.6) is 0 Å². The van der Waals surface area contributed by atoms with Crippen molar-refractivity contribution >= 4 is 22.6 Å². The van der Waals surface area contributed by atoms with E-state index >= 15 is 0 Å². The van der Waals surface area contributed by atoms with Crippen LogP contribution in [-0.4, -0.2) is 5.21 Å². The van der Waals surface area contributed by atoms with Crippen molar-refractivity contribution in [3.8, 4) is 0 Å². The molecule has 1 aromatic rings. The molecule has 0 aromatic heterocycles. The van der Waals surface area contributed by atoms with Crippen molar-refractivity contribution < 1.29 is 5.21 Å². The fourth-order valence-electron chi connectivity index (χ4n) is 0.738. The van der Waals surface area contributed by atoms with E-state index in [1.54, 1.807) is 0 Å². The number of hydrogen-bond donors (Lipinski definition) is 2.